The smallest absolute Gasteiger partial charge is 0.213 e. The van der Waals surface area contributed by atoms with Crippen LogP contribution in [0.2, 0.25) is 0 Å². The van der Waals surface area contributed by atoms with Gasteiger partial charge in [0.05, 0.1) is 12.7 Å². The summed E-state index contributed by atoms with van der Waals surface area (Å²) in [5, 5.41) is 6.62. The molecule has 0 aromatic carbocycles. The van der Waals surface area contributed by atoms with Crippen molar-refractivity contribution < 1.29 is 4.42 Å². The van der Waals surface area contributed by atoms with Gasteiger partial charge in [-0.25, -0.2) is 4.98 Å². The molecule has 2 rings (SSSR count). The van der Waals surface area contributed by atoms with Crippen LogP contribution in [0.4, 0.5) is 0 Å². The number of nitrogens with zero attached hydrogens (tertiary/aromatic N) is 4. The average Bonchev–Trinajstić information content (AvgIpc) is 3.08. The Labute approximate surface area is 151 Å². The van der Waals surface area contributed by atoms with Gasteiger partial charge >= 0.3 is 0 Å². The van der Waals surface area contributed by atoms with Crippen molar-refractivity contribution >= 4 is 5.96 Å². The molecule has 1 aromatic rings. The molecule has 2 heterocycles. The van der Waals surface area contributed by atoms with E-state index in [-0.39, 0.29) is 5.41 Å². The van der Waals surface area contributed by atoms with Gasteiger partial charge in [0.15, 0.2) is 5.96 Å². The summed E-state index contributed by atoms with van der Waals surface area (Å²) in [6.45, 7) is 16.8. The van der Waals surface area contributed by atoms with Crippen molar-refractivity contribution in [2.75, 3.05) is 52.9 Å². The number of piperazine rings is 1. The summed E-state index contributed by atoms with van der Waals surface area (Å²) < 4.78 is 5.79. The predicted octanol–water partition coefficient (Wildman–Crippen LogP) is 1.27. The van der Waals surface area contributed by atoms with Gasteiger partial charge in [0.25, 0.3) is 0 Å². The predicted molar refractivity (Wildman–Crippen MR) is 102 cm³/mol. The summed E-state index contributed by atoms with van der Waals surface area (Å²) >= 11 is 0. The molecule has 25 heavy (non-hydrogen) atoms. The molecular weight excluding hydrogens is 316 g/mol. The van der Waals surface area contributed by atoms with Gasteiger partial charge in [-0.3, -0.25) is 9.89 Å². The Morgan fingerprint density at radius 3 is 2.44 bits per heavy atom. The molecule has 1 aliphatic rings. The van der Waals surface area contributed by atoms with E-state index >= 15 is 0 Å². The Bertz CT molecular complexity index is 540. The molecular formula is C18H34N6O. The number of likely N-dealkylation sites (N-methyl/N-ethyl adjacent to an activating group) is 1. The summed E-state index contributed by atoms with van der Waals surface area (Å²) in [6, 6.07) is 0. The summed E-state index contributed by atoms with van der Waals surface area (Å²) in [6.07, 6.45) is 1.81. The van der Waals surface area contributed by atoms with Crippen molar-refractivity contribution in [3.8, 4) is 0 Å². The topological polar surface area (TPSA) is 68.9 Å². The van der Waals surface area contributed by atoms with Crippen molar-refractivity contribution in [2.24, 2.45) is 4.99 Å². The van der Waals surface area contributed by atoms with E-state index in [9.17, 15) is 0 Å². The Balaban J connectivity index is 1.68. The first-order valence-electron chi connectivity index (χ1n) is 9.26. The minimum Gasteiger partial charge on any atom is -0.443 e. The van der Waals surface area contributed by atoms with Crippen molar-refractivity contribution in [3.63, 3.8) is 0 Å². The molecule has 1 aliphatic heterocycles. The second kappa shape index (κ2) is 9.20. The second-order valence-electron chi connectivity index (χ2n) is 7.50. The Kier molecular flexibility index (Phi) is 7.25. The highest BCUT2D eigenvalue weighted by Crippen LogP contribution is 2.22. The van der Waals surface area contributed by atoms with Gasteiger partial charge < -0.3 is 20.0 Å². The van der Waals surface area contributed by atoms with Crippen LogP contribution < -0.4 is 10.6 Å². The first kappa shape index (κ1) is 19.7. The van der Waals surface area contributed by atoms with Crippen LogP contribution in [0.5, 0.6) is 0 Å². The fraction of sp³-hybridized carbons (Fsp3) is 0.778. The van der Waals surface area contributed by atoms with Gasteiger partial charge in [-0.2, -0.15) is 0 Å². The maximum absolute atomic E-state index is 5.79. The van der Waals surface area contributed by atoms with E-state index < -0.39 is 0 Å². The molecule has 0 atom stereocenters. The van der Waals surface area contributed by atoms with E-state index in [1.54, 1.807) is 7.05 Å². The van der Waals surface area contributed by atoms with Crippen LogP contribution in [0.15, 0.2) is 15.6 Å². The van der Waals surface area contributed by atoms with E-state index in [1.807, 2.05) is 6.20 Å². The maximum Gasteiger partial charge on any atom is 0.213 e. The van der Waals surface area contributed by atoms with Gasteiger partial charge in [-0.1, -0.05) is 27.7 Å². The highest BCUT2D eigenvalue weighted by atomic mass is 16.4. The maximum atomic E-state index is 5.79. The van der Waals surface area contributed by atoms with E-state index in [4.69, 9.17) is 4.42 Å². The zero-order valence-corrected chi connectivity index (χ0v) is 16.4. The lowest BCUT2D eigenvalue weighted by Crippen LogP contribution is -2.49. The van der Waals surface area contributed by atoms with Crippen LogP contribution in [0, 0.1) is 0 Å². The number of aliphatic imine (C=N–C) groups is 1. The quantitative estimate of drug-likeness (QED) is 0.595. The van der Waals surface area contributed by atoms with E-state index in [1.165, 1.54) is 13.1 Å². The number of rotatable bonds is 6. The molecule has 7 nitrogen and oxygen atoms in total. The van der Waals surface area contributed by atoms with E-state index in [0.29, 0.717) is 12.4 Å². The second-order valence-corrected chi connectivity index (χ2v) is 7.50. The van der Waals surface area contributed by atoms with Crippen LogP contribution in [-0.4, -0.2) is 73.6 Å². The molecule has 0 saturated carbocycles. The summed E-state index contributed by atoms with van der Waals surface area (Å²) in [4.78, 5) is 13.6. The zero-order valence-electron chi connectivity index (χ0n) is 16.4. The van der Waals surface area contributed by atoms with Crippen molar-refractivity contribution in [3.05, 3.63) is 17.8 Å². The molecule has 7 heteroatoms. The van der Waals surface area contributed by atoms with Crippen molar-refractivity contribution in [1.29, 1.82) is 0 Å². The van der Waals surface area contributed by atoms with Crippen LogP contribution in [-0.2, 0) is 12.0 Å². The third-order valence-corrected chi connectivity index (χ3v) is 4.56. The molecule has 1 fully saturated rings. The third kappa shape index (κ3) is 6.32. The SMILES string of the molecule is CCN1CCN(CCNC(=NC)NCc2ncc(C(C)(C)C)o2)CC1. The Morgan fingerprint density at radius 2 is 1.88 bits per heavy atom. The van der Waals surface area contributed by atoms with Crippen LogP contribution >= 0.6 is 0 Å². The molecule has 1 saturated heterocycles. The number of oxazole rings is 1. The number of nitrogens with one attached hydrogen (secondary N) is 2. The van der Waals surface area contributed by atoms with E-state index in [0.717, 1.165) is 44.4 Å². The minimum atomic E-state index is -0.0209. The molecule has 0 unspecified atom stereocenters. The fourth-order valence-corrected chi connectivity index (χ4v) is 2.78. The van der Waals surface area contributed by atoms with Gasteiger partial charge in [0.1, 0.15) is 5.76 Å². The molecule has 0 bridgehead atoms. The minimum absolute atomic E-state index is 0.0209. The first-order chi connectivity index (χ1) is 11.9. The number of hydrogen-bond acceptors (Lipinski definition) is 5. The molecule has 0 aliphatic carbocycles. The number of guanidine groups is 1. The highest BCUT2D eigenvalue weighted by Gasteiger charge is 2.19. The molecule has 0 spiro atoms. The van der Waals surface area contributed by atoms with E-state index in [2.05, 4.69) is 58.1 Å². The zero-order chi connectivity index (χ0) is 18.3. The number of aromatic nitrogens is 1. The summed E-state index contributed by atoms with van der Waals surface area (Å²) in [7, 11) is 1.78. The van der Waals surface area contributed by atoms with Gasteiger partial charge in [-0.15, -0.1) is 0 Å². The van der Waals surface area contributed by atoms with Crippen molar-refractivity contribution in [2.45, 2.75) is 39.7 Å². The van der Waals surface area contributed by atoms with Gasteiger partial charge in [0, 0.05) is 51.7 Å². The lowest BCUT2D eigenvalue weighted by atomic mass is 9.94. The van der Waals surface area contributed by atoms with Crippen molar-refractivity contribution in [1.82, 2.24) is 25.4 Å². The average molecular weight is 351 g/mol. The largest absolute Gasteiger partial charge is 0.443 e. The highest BCUT2D eigenvalue weighted by molar-refractivity contribution is 5.79. The van der Waals surface area contributed by atoms with Crippen LogP contribution in [0.1, 0.15) is 39.3 Å². The fourth-order valence-electron chi connectivity index (χ4n) is 2.78. The molecule has 1 aromatic heterocycles. The van der Waals surface area contributed by atoms with Gasteiger partial charge in [-0.05, 0) is 6.54 Å². The standard InChI is InChI=1S/C18H34N6O/c1-6-23-9-11-24(12-10-23)8-7-20-17(19-5)22-14-16-21-13-15(25-16)18(2,3)4/h13H,6-12,14H2,1-5H3,(H2,19,20,22). The van der Waals surface area contributed by atoms with Crippen LogP contribution in [0.25, 0.3) is 0 Å². The monoisotopic (exact) mass is 350 g/mol. The summed E-state index contributed by atoms with van der Waals surface area (Å²) in [5.41, 5.74) is -0.0209. The third-order valence-electron chi connectivity index (χ3n) is 4.56. The van der Waals surface area contributed by atoms with Gasteiger partial charge in [0.2, 0.25) is 5.89 Å². The Morgan fingerprint density at radius 1 is 1.20 bits per heavy atom. The normalized spacial score (nSPS) is 17.7. The molecule has 2 N–H and O–H groups in total. The Hall–Kier alpha value is -1.60. The first-order valence-corrected chi connectivity index (χ1v) is 9.26. The summed E-state index contributed by atoms with van der Waals surface area (Å²) in [5.74, 6) is 2.37. The molecule has 0 radical (unpaired) electrons. The number of hydrogen-bond donors (Lipinski definition) is 2. The molecule has 142 valence electrons. The van der Waals surface area contributed by atoms with Crippen LogP contribution in [0.3, 0.4) is 0 Å². The molecule has 0 amide bonds. The lowest BCUT2D eigenvalue weighted by Gasteiger charge is -2.34. The lowest BCUT2D eigenvalue weighted by molar-refractivity contribution is 0.139.